The van der Waals surface area contributed by atoms with Crippen molar-refractivity contribution in [2.75, 3.05) is 13.7 Å². The Morgan fingerprint density at radius 2 is 1.66 bits per heavy atom. The first kappa shape index (κ1) is 31.1. The van der Waals surface area contributed by atoms with Crippen LogP contribution in [0.1, 0.15) is 67.9 Å². The maximum Gasteiger partial charge on any atom is 0.407 e. The summed E-state index contributed by atoms with van der Waals surface area (Å²) >= 11 is 0. The van der Waals surface area contributed by atoms with Gasteiger partial charge in [0, 0.05) is 36.4 Å². The van der Waals surface area contributed by atoms with Crippen LogP contribution in [0.3, 0.4) is 0 Å². The summed E-state index contributed by atoms with van der Waals surface area (Å²) in [5.41, 5.74) is 2.22. The predicted octanol–water partition coefficient (Wildman–Crippen LogP) is 7.02. The van der Waals surface area contributed by atoms with Crippen LogP contribution < -0.4 is 5.32 Å². The van der Waals surface area contributed by atoms with Gasteiger partial charge < -0.3 is 19.7 Å². The van der Waals surface area contributed by atoms with E-state index in [1.165, 1.54) is 18.2 Å². The number of carbonyl (C=O) groups is 2. The second-order valence-corrected chi connectivity index (χ2v) is 12.5. The van der Waals surface area contributed by atoms with Crippen molar-refractivity contribution in [3.8, 4) is 28.3 Å². The van der Waals surface area contributed by atoms with E-state index in [1.807, 2.05) is 37.8 Å². The van der Waals surface area contributed by atoms with Gasteiger partial charge in [0.05, 0.1) is 12.2 Å². The molecular weight excluding hydrogens is 564 g/mol. The number of halogens is 2. The molecule has 2 amide bonds. The van der Waals surface area contributed by atoms with Crippen molar-refractivity contribution in [2.45, 2.75) is 76.6 Å². The van der Waals surface area contributed by atoms with Crippen LogP contribution in [0.4, 0.5) is 13.6 Å². The number of nitriles is 1. The van der Waals surface area contributed by atoms with Crippen LogP contribution in [0, 0.1) is 23.0 Å². The molecule has 44 heavy (non-hydrogen) atoms. The van der Waals surface area contributed by atoms with Gasteiger partial charge in [-0.05, 0) is 105 Å². The third kappa shape index (κ3) is 6.76. The second kappa shape index (κ2) is 12.7. The van der Waals surface area contributed by atoms with Crippen LogP contribution in [0.15, 0.2) is 54.6 Å². The predicted molar refractivity (Wildman–Crippen MR) is 163 cm³/mol. The van der Waals surface area contributed by atoms with Gasteiger partial charge >= 0.3 is 6.09 Å². The Hall–Kier alpha value is -4.29. The van der Waals surface area contributed by atoms with Crippen molar-refractivity contribution in [3.63, 3.8) is 0 Å². The van der Waals surface area contributed by atoms with Crippen LogP contribution in [-0.4, -0.2) is 54.3 Å². The Balaban J connectivity index is 1.46. The van der Waals surface area contributed by atoms with E-state index in [1.54, 1.807) is 37.4 Å². The van der Waals surface area contributed by atoms with E-state index in [2.05, 4.69) is 5.32 Å². The van der Waals surface area contributed by atoms with Crippen LogP contribution in [0.2, 0.25) is 0 Å². The maximum absolute atomic E-state index is 15.5. The minimum Gasteiger partial charge on any atom is -0.444 e. The summed E-state index contributed by atoms with van der Waals surface area (Å²) in [6.45, 7) is 5.91. The quantitative estimate of drug-likeness (QED) is 0.314. The number of fused-ring (bicyclic) bond motifs is 2. The van der Waals surface area contributed by atoms with E-state index in [0.717, 1.165) is 18.4 Å². The van der Waals surface area contributed by atoms with Crippen LogP contribution in [0.5, 0.6) is 0 Å². The van der Waals surface area contributed by atoms with Crippen LogP contribution in [-0.2, 0) is 15.9 Å². The number of hydrogen-bond donors (Lipinski definition) is 1. The number of methoxy groups -OCH3 is 1. The Kier molecular flexibility index (Phi) is 9.02. The normalized spacial score (nSPS) is 19.4. The van der Waals surface area contributed by atoms with Crippen LogP contribution >= 0.6 is 0 Å². The fraction of sp³-hybridized carbons (Fsp3) is 0.400. The molecule has 2 aliphatic rings. The Morgan fingerprint density at radius 3 is 2.27 bits per heavy atom. The minimum absolute atomic E-state index is 0.0474. The van der Waals surface area contributed by atoms with E-state index < -0.39 is 23.3 Å². The molecule has 0 unspecified atom stereocenters. The number of nitrogens with one attached hydrogen (secondary N) is 1. The SMILES string of the molecule is COCCc1ccc(-c2ccc(C(=O)N3[C@@H]4CC[C@H]3C[C@H](NC(=O)OC(C)(C)C)C4)cc2-c2ccc(C#N)c(F)c2)c(F)c1. The highest BCUT2D eigenvalue weighted by molar-refractivity contribution is 5.98. The van der Waals surface area contributed by atoms with E-state index in [0.29, 0.717) is 53.7 Å². The summed E-state index contributed by atoms with van der Waals surface area (Å²) in [4.78, 5) is 28.3. The molecule has 2 fully saturated rings. The Morgan fingerprint density at radius 1 is 0.955 bits per heavy atom. The lowest BCUT2D eigenvalue weighted by Crippen LogP contribution is -2.53. The number of rotatable bonds is 7. The summed E-state index contributed by atoms with van der Waals surface area (Å²) in [6, 6.07) is 15.9. The summed E-state index contributed by atoms with van der Waals surface area (Å²) in [5, 5.41) is 12.2. The van der Waals surface area contributed by atoms with E-state index in [-0.39, 0.29) is 29.6 Å². The number of ether oxygens (including phenoxy) is 2. The number of nitrogens with zero attached hydrogens (tertiary/aromatic N) is 2. The van der Waals surface area contributed by atoms with Crippen molar-refractivity contribution in [3.05, 3.63) is 82.9 Å². The number of benzene rings is 3. The van der Waals surface area contributed by atoms with Gasteiger partial charge in [0.2, 0.25) is 0 Å². The number of alkyl carbamates (subject to hydrolysis) is 1. The van der Waals surface area contributed by atoms with Crippen molar-refractivity contribution in [2.24, 2.45) is 0 Å². The van der Waals surface area contributed by atoms with Gasteiger partial charge in [0.15, 0.2) is 0 Å². The molecule has 0 radical (unpaired) electrons. The van der Waals surface area contributed by atoms with Crippen molar-refractivity contribution >= 4 is 12.0 Å². The molecule has 0 spiro atoms. The standard InChI is InChI=1S/C35H37F2N3O4/c1-35(2,3)44-34(42)39-25-18-26-9-10-27(19-25)40(26)33(41)23-8-12-28(29-11-5-21(13-14-43-4)15-32(29)37)30(16-23)22-6-7-24(20-38)31(36)17-22/h5-8,11-12,15-17,25-27H,9-10,13-14,18-19H2,1-4H3,(H,39,42)/t25-,26-,27+. The van der Waals surface area contributed by atoms with Gasteiger partial charge in [-0.2, -0.15) is 5.26 Å². The smallest absolute Gasteiger partial charge is 0.407 e. The molecule has 2 heterocycles. The number of carbonyl (C=O) groups excluding carboxylic acids is 2. The largest absolute Gasteiger partial charge is 0.444 e. The lowest BCUT2D eigenvalue weighted by molar-refractivity contribution is 0.0418. The molecule has 0 aromatic heterocycles. The topological polar surface area (TPSA) is 91.7 Å². The molecule has 3 atom stereocenters. The summed E-state index contributed by atoms with van der Waals surface area (Å²) < 4.78 is 40.8. The average Bonchev–Trinajstić information content (AvgIpc) is 3.24. The summed E-state index contributed by atoms with van der Waals surface area (Å²) in [6.07, 6.45) is 2.99. The van der Waals surface area contributed by atoms with E-state index in [4.69, 9.17) is 9.47 Å². The van der Waals surface area contributed by atoms with E-state index in [9.17, 15) is 19.2 Å². The van der Waals surface area contributed by atoms with Gasteiger partial charge in [0.1, 0.15) is 23.3 Å². The van der Waals surface area contributed by atoms with Gasteiger partial charge in [-0.15, -0.1) is 0 Å². The highest BCUT2D eigenvalue weighted by atomic mass is 19.1. The second-order valence-electron chi connectivity index (χ2n) is 12.5. The molecule has 2 saturated heterocycles. The molecule has 3 aromatic carbocycles. The average molecular weight is 602 g/mol. The lowest BCUT2D eigenvalue weighted by atomic mass is 9.90. The van der Waals surface area contributed by atoms with Gasteiger partial charge in [0.25, 0.3) is 5.91 Å². The zero-order valence-electron chi connectivity index (χ0n) is 25.5. The number of piperidine rings is 1. The van der Waals surface area contributed by atoms with Crippen molar-refractivity contribution in [1.29, 1.82) is 5.26 Å². The molecule has 0 saturated carbocycles. The first-order valence-electron chi connectivity index (χ1n) is 14.9. The molecule has 9 heteroatoms. The maximum atomic E-state index is 15.5. The molecular formula is C35H37F2N3O4. The fourth-order valence-corrected chi connectivity index (χ4v) is 6.33. The molecule has 5 rings (SSSR count). The number of amides is 2. The van der Waals surface area contributed by atoms with Gasteiger partial charge in [-0.25, -0.2) is 13.6 Å². The van der Waals surface area contributed by atoms with E-state index >= 15 is 4.39 Å². The molecule has 7 nitrogen and oxygen atoms in total. The zero-order chi connectivity index (χ0) is 31.6. The third-order valence-corrected chi connectivity index (χ3v) is 8.27. The molecule has 230 valence electrons. The summed E-state index contributed by atoms with van der Waals surface area (Å²) in [5.74, 6) is -1.29. The fourth-order valence-electron chi connectivity index (χ4n) is 6.33. The van der Waals surface area contributed by atoms with Crippen molar-refractivity contribution < 1.29 is 27.8 Å². The Labute approximate surface area is 256 Å². The van der Waals surface area contributed by atoms with Gasteiger partial charge in [-0.3, -0.25) is 4.79 Å². The lowest BCUT2D eigenvalue weighted by Gasteiger charge is -2.39. The van der Waals surface area contributed by atoms with Crippen molar-refractivity contribution in [1.82, 2.24) is 10.2 Å². The summed E-state index contributed by atoms with van der Waals surface area (Å²) in [7, 11) is 1.59. The molecule has 1 N–H and O–H groups in total. The molecule has 3 aromatic rings. The Bertz CT molecular complexity index is 1600. The molecule has 0 aliphatic carbocycles. The van der Waals surface area contributed by atoms with Crippen LogP contribution in [0.25, 0.3) is 22.3 Å². The molecule has 2 bridgehead atoms. The van der Waals surface area contributed by atoms with Gasteiger partial charge in [-0.1, -0.05) is 24.3 Å². The first-order chi connectivity index (χ1) is 21.0. The highest BCUT2D eigenvalue weighted by Crippen LogP contribution is 2.39. The first-order valence-corrected chi connectivity index (χ1v) is 14.9. The highest BCUT2D eigenvalue weighted by Gasteiger charge is 2.44. The molecule has 2 aliphatic heterocycles. The number of hydrogen-bond acceptors (Lipinski definition) is 5. The zero-order valence-corrected chi connectivity index (χ0v) is 25.5. The third-order valence-electron chi connectivity index (χ3n) is 8.27. The monoisotopic (exact) mass is 601 g/mol. The minimum atomic E-state index is -0.694.